The van der Waals surface area contributed by atoms with Crippen molar-refractivity contribution in [1.82, 2.24) is 9.71 Å². The van der Waals surface area contributed by atoms with Gasteiger partial charge in [-0.25, -0.2) is 17.8 Å². The molecule has 0 aliphatic rings. The van der Waals surface area contributed by atoms with Crippen LogP contribution in [-0.2, 0) is 14.8 Å². The minimum Gasteiger partial charge on any atom is -0.480 e. The number of benzene rings is 1. The normalized spacial score (nSPS) is 14.0. The second-order valence-electron chi connectivity index (χ2n) is 6.05. The van der Waals surface area contributed by atoms with Crippen LogP contribution in [0.3, 0.4) is 0 Å². The van der Waals surface area contributed by atoms with E-state index in [1.165, 1.54) is 19.1 Å². The molecule has 0 aliphatic heterocycles. The summed E-state index contributed by atoms with van der Waals surface area (Å²) in [7, 11) is -4.59. The summed E-state index contributed by atoms with van der Waals surface area (Å²) < 4.78 is 55.0. The number of hydrogen-bond donors (Lipinski definition) is 2. The number of aryl methyl sites for hydroxylation is 1. The fraction of sp³-hybridized carbons (Fsp3) is 0.294. The van der Waals surface area contributed by atoms with Crippen LogP contribution in [0.4, 0.5) is 8.78 Å². The van der Waals surface area contributed by atoms with Gasteiger partial charge in [0, 0.05) is 5.92 Å². The number of carboxylic acids is 1. The zero-order valence-electron chi connectivity index (χ0n) is 14.6. The summed E-state index contributed by atoms with van der Waals surface area (Å²) in [4.78, 5) is 14.0. The highest BCUT2D eigenvalue weighted by molar-refractivity contribution is 7.89. The third-order valence-corrected chi connectivity index (χ3v) is 5.96. The number of hydrogen-bond acceptors (Lipinski definition) is 4. The first-order valence-corrected chi connectivity index (χ1v) is 9.64. The number of aliphatic carboxylic acids is 1. The third kappa shape index (κ3) is 4.42. The fourth-order valence-electron chi connectivity index (χ4n) is 2.73. The maximum atomic E-state index is 14.3. The Morgan fingerprint density at radius 2 is 1.85 bits per heavy atom. The molecule has 10 heteroatoms. The van der Waals surface area contributed by atoms with Gasteiger partial charge in [-0.3, -0.25) is 4.79 Å². The van der Waals surface area contributed by atoms with Gasteiger partial charge in [0.15, 0.2) is 0 Å². The number of carboxylic acid groups (broad SMARTS) is 1. The van der Waals surface area contributed by atoms with Gasteiger partial charge in [-0.05, 0) is 48.7 Å². The number of rotatable bonds is 6. The molecule has 0 aliphatic carbocycles. The lowest BCUT2D eigenvalue weighted by atomic mass is 9.88. The van der Waals surface area contributed by atoms with Crippen LogP contribution in [0.5, 0.6) is 0 Å². The maximum Gasteiger partial charge on any atom is 0.322 e. The van der Waals surface area contributed by atoms with E-state index in [0.29, 0.717) is 5.56 Å². The van der Waals surface area contributed by atoms with Gasteiger partial charge in [-0.2, -0.15) is 9.11 Å². The molecule has 1 heterocycles. The standard InChI is InChI=1S/C17H17ClF2N2O4S/c1-8-4-5-11(19)14(9(8)2)10(3)15(17(23)24)22-27(25,26)12-6-7-13(18)21-16(12)20/h4-7,10,15,22H,1-3H3,(H,23,24)/t10-,15+/m1/s1. The van der Waals surface area contributed by atoms with Crippen molar-refractivity contribution < 1.29 is 27.1 Å². The topological polar surface area (TPSA) is 96.4 Å². The van der Waals surface area contributed by atoms with Crippen molar-refractivity contribution in [2.45, 2.75) is 37.6 Å². The lowest BCUT2D eigenvalue weighted by molar-refractivity contribution is -0.139. The Kier molecular flexibility index (Phi) is 6.18. The molecule has 0 saturated heterocycles. The third-order valence-electron chi connectivity index (χ3n) is 4.31. The Hall–Kier alpha value is -2.10. The average molecular weight is 419 g/mol. The molecule has 0 unspecified atom stereocenters. The lowest BCUT2D eigenvalue weighted by Gasteiger charge is -2.24. The van der Waals surface area contributed by atoms with E-state index in [4.69, 9.17) is 11.6 Å². The zero-order chi connectivity index (χ0) is 20.5. The summed E-state index contributed by atoms with van der Waals surface area (Å²) in [5.74, 6) is -4.63. The van der Waals surface area contributed by atoms with Crippen LogP contribution in [0.25, 0.3) is 0 Å². The summed E-state index contributed by atoms with van der Waals surface area (Å²) in [6.45, 7) is 4.71. The maximum absolute atomic E-state index is 14.3. The molecule has 2 aromatic rings. The van der Waals surface area contributed by atoms with Gasteiger partial charge in [0.05, 0.1) is 0 Å². The van der Waals surface area contributed by atoms with Crippen LogP contribution in [-0.4, -0.2) is 30.5 Å². The number of nitrogens with one attached hydrogen (secondary N) is 1. The van der Waals surface area contributed by atoms with Crippen molar-refractivity contribution in [3.63, 3.8) is 0 Å². The van der Waals surface area contributed by atoms with E-state index in [0.717, 1.165) is 17.7 Å². The summed E-state index contributed by atoms with van der Waals surface area (Å²) in [6.07, 6.45) is 0. The molecule has 0 amide bonds. The molecule has 0 radical (unpaired) electrons. The van der Waals surface area contributed by atoms with Crippen molar-refractivity contribution in [3.8, 4) is 0 Å². The first-order valence-electron chi connectivity index (χ1n) is 7.78. The zero-order valence-corrected chi connectivity index (χ0v) is 16.2. The molecule has 2 rings (SSSR count). The van der Waals surface area contributed by atoms with E-state index in [1.807, 2.05) is 4.72 Å². The Morgan fingerprint density at radius 3 is 2.41 bits per heavy atom. The summed E-state index contributed by atoms with van der Waals surface area (Å²) in [6, 6.07) is 2.91. The van der Waals surface area contributed by atoms with Crippen LogP contribution in [0.15, 0.2) is 29.2 Å². The first kappa shape index (κ1) is 21.2. The molecule has 2 N–H and O–H groups in total. The minimum atomic E-state index is -4.59. The van der Waals surface area contributed by atoms with Crippen LogP contribution in [0, 0.1) is 25.6 Å². The second-order valence-corrected chi connectivity index (χ2v) is 8.12. The minimum absolute atomic E-state index is 0.0693. The smallest absolute Gasteiger partial charge is 0.322 e. The predicted octanol–water partition coefficient (Wildman–Crippen LogP) is 3.17. The van der Waals surface area contributed by atoms with Crippen molar-refractivity contribution in [1.29, 1.82) is 0 Å². The van der Waals surface area contributed by atoms with Crippen molar-refractivity contribution in [2.75, 3.05) is 0 Å². The Labute approximate surface area is 160 Å². The summed E-state index contributed by atoms with van der Waals surface area (Å²) in [5, 5.41) is 9.24. The van der Waals surface area contributed by atoms with E-state index < -0.39 is 44.6 Å². The molecule has 27 heavy (non-hydrogen) atoms. The van der Waals surface area contributed by atoms with Gasteiger partial charge in [-0.1, -0.05) is 24.6 Å². The van der Waals surface area contributed by atoms with E-state index in [-0.39, 0.29) is 10.7 Å². The Bertz CT molecular complexity index is 999. The number of carbonyl (C=O) groups is 1. The first-order chi connectivity index (χ1) is 12.5. The molecule has 0 bridgehead atoms. The monoisotopic (exact) mass is 418 g/mol. The Balaban J connectivity index is 2.47. The second kappa shape index (κ2) is 7.87. The van der Waals surface area contributed by atoms with Crippen LogP contribution >= 0.6 is 11.6 Å². The number of halogens is 3. The molecule has 2 atom stereocenters. The van der Waals surface area contributed by atoms with Crippen LogP contribution < -0.4 is 4.72 Å². The van der Waals surface area contributed by atoms with Crippen molar-refractivity contribution in [2.24, 2.45) is 0 Å². The predicted molar refractivity (Wildman–Crippen MR) is 95.2 cm³/mol. The number of sulfonamides is 1. The van der Waals surface area contributed by atoms with Crippen molar-refractivity contribution in [3.05, 3.63) is 57.9 Å². The molecule has 0 spiro atoms. The van der Waals surface area contributed by atoms with Gasteiger partial charge < -0.3 is 5.11 Å². The largest absolute Gasteiger partial charge is 0.480 e. The van der Waals surface area contributed by atoms with Crippen LogP contribution in [0.2, 0.25) is 5.15 Å². The SMILES string of the molecule is Cc1ccc(F)c([C@@H](C)[C@H](NS(=O)(=O)c2ccc(Cl)nc2F)C(=O)O)c1C. The van der Waals surface area contributed by atoms with Gasteiger partial charge in [0.1, 0.15) is 21.9 Å². The molecule has 1 aromatic heterocycles. The fourth-order valence-corrected chi connectivity index (χ4v) is 4.14. The van der Waals surface area contributed by atoms with Gasteiger partial charge in [-0.15, -0.1) is 0 Å². The van der Waals surface area contributed by atoms with Crippen LogP contribution in [0.1, 0.15) is 29.5 Å². The average Bonchev–Trinajstić information content (AvgIpc) is 2.55. The van der Waals surface area contributed by atoms with E-state index in [9.17, 15) is 27.1 Å². The lowest BCUT2D eigenvalue weighted by Crippen LogP contribution is -2.44. The van der Waals surface area contributed by atoms with Gasteiger partial charge in [0.2, 0.25) is 16.0 Å². The number of nitrogens with zero attached hydrogens (tertiary/aromatic N) is 1. The van der Waals surface area contributed by atoms with Crippen molar-refractivity contribution >= 4 is 27.6 Å². The highest BCUT2D eigenvalue weighted by atomic mass is 35.5. The molecular weight excluding hydrogens is 402 g/mol. The van der Waals surface area contributed by atoms with E-state index in [2.05, 4.69) is 4.98 Å². The highest BCUT2D eigenvalue weighted by Crippen LogP contribution is 2.29. The van der Waals surface area contributed by atoms with Gasteiger partial charge >= 0.3 is 5.97 Å². The number of aromatic nitrogens is 1. The molecule has 146 valence electrons. The molecule has 1 aromatic carbocycles. The number of pyridine rings is 1. The highest BCUT2D eigenvalue weighted by Gasteiger charge is 2.34. The molecular formula is C17H17ClF2N2O4S. The van der Waals surface area contributed by atoms with Gasteiger partial charge in [0.25, 0.3) is 0 Å². The molecule has 6 nitrogen and oxygen atoms in total. The van der Waals surface area contributed by atoms with E-state index in [1.54, 1.807) is 13.8 Å². The Morgan fingerprint density at radius 1 is 1.22 bits per heavy atom. The molecule has 0 saturated carbocycles. The van der Waals surface area contributed by atoms with E-state index >= 15 is 0 Å². The molecule has 0 fully saturated rings. The quantitative estimate of drug-likeness (QED) is 0.702. The summed E-state index contributed by atoms with van der Waals surface area (Å²) in [5.41, 5.74) is 1.30. The summed E-state index contributed by atoms with van der Waals surface area (Å²) >= 11 is 5.50.